The highest BCUT2D eigenvalue weighted by Gasteiger charge is 2.32. The molecule has 0 unspecified atom stereocenters. The molecule has 2 aromatic rings. The van der Waals surface area contributed by atoms with Gasteiger partial charge in [0.1, 0.15) is 6.54 Å². The minimum Gasteiger partial charge on any atom is -0.379 e. The van der Waals surface area contributed by atoms with Crippen LogP contribution in [0.5, 0.6) is 0 Å². The fourth-order valence-corrected chi connectivity index (χ4v) is 4.91. The maximum Gasteiger partial charge on any atom is 0.248 e. The lowest BCUT2D eigenvalue weighted by Gasteiger charge is -2.28. The molecule has 30 heavy (non-hydrogen) atoms. The minimum absolute atomic E-state index is 0.169. The monoisotopic (exact) mass is 450 g/mol. The molecule has 4 rings (SSSR count). The first-order valence-corrected chi connectivity index (χ1v) is 11.2. The van der Waals surface area contributed by atoms with Crippen molar-refractivity contribution in [1.82, 2.24) is 14.8 Å². The third kappa shape index (κ3) is 4.80. The van der Waals surface area contributed by atoms with E-state index in [1.54, 1.807) is 11.0 Å². The number of fused-ring (bicyclic) bond motifs is 1. The van der Waals surface area contributed by atoms with Gasteiger partial charge in [0.25, 0.3) is 0 Å². The Bertz CT molecular complexity index is 943. The number of benzene rings is 1. The fraction of sp³-hybridized carbons (Fsp3) is 0.500. The molecule has 0 saturated carbocycles. The molecule has 0 spiro atoms. The molecule has 0 radical (unpaired) electrons. The van der Waals surface area contributed by atoms with Crippen molar-refractivity contribution in [2.24, 2.45) is 0 Å². The van der Waals surface area contributed by atoms with Crippen LogP contribution in [0, 0.1) is 0 Å². The highest BCUT2D eigenvalue weighted by Crippen LogP contribution is 2.31. The second-order valence-electron chi connectivity index (χ2n) is 7.34. The van der Waals surface area contributed by atoms with Crippen LogP contribution in [-0.4, -0.2) is 78.4 Å². The summed E-state index contributed by atoms with van der Waals surface area (Å²) in [7, 11) is 0. The van der Waals surface area contributed by atoms with Gasteiger partial charge in [-0.15, -0.1) is 0 Å². The third-order valence-electron chi connectivity index (χ3n) is 5.28. The molecule has 2 fully saturated rings. The second kappa shape index (κ2) is 9.38. The van der Waals surface area contributed by atoms with Crippen molar-refractivity contribution in [2.45, 2.75) is 19.3 Å². The molecule has 0 N–H and O–H groups in total. The number of aromatic nitrogens is 1. The lowest BCUT2D eigenvalue weighted by molar-refractivity contribution is -0.141. The maximum absolute atomic E-state index is 13.1. The normalized spacial score (nSPS) is 17.8. The van der Waals surface area contributed by atoms with E-state index >= 15 is 0 Å². The zero-order valence-electron chi connectivity index (χ0n) is 16.5. The van der Waals surface area contributed by atoms with E-state index in [1.807, 2.05) is 12.1 Å². The summed E-state index contributed by atoms with van der Waals surface area (Å²) in [4.78, 5) is 46.6. The number of imide groups is 1. The second-order valence-corrected chi connectivity index (χ2v) is 8.78. The van der Waals surface area contributed by atoms with E-state index in [9.17, 15) is 14.4 Å². The van der Waals surface area contributed by atoms with Gasteiger partial charge in [0, 0.05) is 44.0 Å². The Morgan fingerprint density at radius 3 is 2.67 bits per heavy atom. The Morgan fingerprint density at radius 1 is 1.20 bits per heavy atom. The molecule has 1 aromatic heterocycles. The first-order valence-electron chi connectivity index (χ1n) is 10.0. The molecule has 0 atom stereocenters. The van der Waals surface area contributed by atoms with Gasteiger partial charge in [-0.2, -0.15) is 0 Å². The van der Waals surface area contributed by atoms with Crippen LogP contribution in [0.4, 0.5) is 5.13 Å². The summed E-state index contributed by atoms with van der Waals surface area (Å²) in [5.74, 6) is -0.888. The van der Waals surface area contributed by atoms with E-state index in [0.717, 1.165) is 54.4 Å². The average Bonchev–Trinajstić information content (AvgIpc) is 3.29. The zero-order valence-corrected chi connectivity index (χ0v) is 18.1. The smallest absolute Gasteiger partial charge is 0.248 e. The molecule has 10 heteroatoms. The van der Waals surface area contributed by atoms with Crippen molar-refractivity contribution in [3.05, 3.63) is 23.2 Å². The Balaban J connectivity index is 1.50. The molecule has 3 heterocycles. The summed E-state index contributed by atoms with van der Waals surface area (Å²) in [6.07, 6.45) is 1.09. The number of nitrogens with zero attached hydrogens (tertiary/aromatic N) is 4. The highest BCUT2D eigenvalue weighted by atomic mass is 35.5. The van der Waals surface area contributed by atoms with Crippen molar-refractivity contribution >= 4 is 56.0 Å². The molecular weight excluding hydrogens is 428 g/mol. The number of hydrogen-bond donors (Lipinski definition) is 0. The molecule has 1 aromatic carbocycles. The van der Waals surface area contributed by atoms with Crippen molar-refractivity contribution in [1.29, 1.82) is 0 Å². The largest absolute Gasteiger partial charge is 0.379 e. The van der Waals surface area contributed by atoms with Crippen molar-refractivity contribution in [3.8, 4) is 0 Å². The lowest BCUT2D eigenvalue weighted by atomic mass is 10.3. The first kappa shape index (κ1) is 21.2. The Labute approximate surface area is 183 Å². The predicted octanol–water partition coefficient (Wildman–Crippen LogP) is 2.15. The zero-order chi connectivity index (χ0) is 21.1. The summed E-state index contributed by atoms with van der Waals surface area (Å²) in [6.45, 7) is 4.26. The molecule has 3 amide bonds. The number of anilines is 1. The molecule has 2 aliphatic heterocycles. The Morgan fingerprint density at radius 2 is 1.93 bits per heavy atom. The van der Waals surface area contributed by atoms with Gasteiger partial charge < -0.3 is 4.74 Å². The molecule has 2 saturated heterocycles. The van der Waals surface area contributed by atoms with E-state index in [1.165, 1.54) is 11.3 Å². The van der Waals surface area contributed by atoms with Gasteiger partial charge in [-0.25, -0.2) is 4.98 Å². The van der Waals surface area contributed by atoms with Crippen LogP contribution in [0.1, 0.15) is 19.3 Å². The van der Waals surface area contributed by atoms with Gasteiger partial charge in [-0.3, -0.25) is 29.1 Å². The number of hydrogen-bond acceptors (Lipinski definition) is 7. The van der Waals surface area contributed by atoms with E-state index in [4.69, 9.17) is 16.3 Å². The summed E-state index contributed by atoms with van der Waals surface area (Å²) < 4.78 is 6.26. The van der Waals surface area contributed by atoms with Gasteiger partial charge in [0.15, 0.2) is 5.13 Å². The lowest BCUT2D eigenvalue weighted by Crippen LogP contribution is -2.44. The van der Waals surface area contributed by atoms with Crippen LogP contribution < -0.4 is 4.90 Å². The van der Waals surface area contributed by atoms with E-state index in [0.29, 0.717) is 16.7 Å². The average molecular weight is 451 g/mol. The van der Waals surface area contributed by atoms with E-state index in [-0.39, 0.29) is 37.1 Å². The number of thiazole rings is 1. The molecule has 2 aliphatic rings. The number of halogens is 1. The highest BCUT2D eigenvalue weighted by molar-refractivity contribution is 7.22. The first-order chi connectivity index (χ1) is 14.5. The molecule has 8 nitrogen and oxygen atoms in total. The number of ether oxygens (including phenoxy) is 1. The fourth-order valence-electron chi connectivity index (χ4n) is 3.63. The van der Waals surface area contributed by atoms with Crippen molar-refractivity contribution < 1.29 is 19.1 Å². The third-order valence-corrected chi connectivity index (χ3v) is 6.56. The number of likely N-dealkylation sites (tertiary alicyclic amines) is 1. The SMILES string of the molecule is O=C1CCC(=O)N1CC(=O)N(CCCN1CCOCC1)c1nc2ccc(Cl)cc2s1. The van der Waals surface area contributed by atoms with E-state index in [2.05, 4.69) is 9.88 Å². The van der Waals surface area contributed by atoms with Gasteiger partial charge in [0.05, 0.1) is 23.4 Å². The van der Waals surface area contributed by atoms with Gasteiger partial charge in [-0.05, 0) is 24.6 Å². The summed E-state index contributed by atoms with van der Waals surface area (Å²) in [5, 5.41) is 1.16. The standard InChI is InChI=1S/C20H23ClN4O4S/c21-14-2-3-15-16(12-14)30-20(22-15)24(7-1-6-23-8-10-29-11-9-23)19(28)13-25-17(26)4-5-18(25)27/h2-3,12H,1,4-11,13H2. The Hall–Kier alpha value is -2.07. The van der Waals surface area contributed by atoms with Gasteiger partial charge in [0.2, 0.25) is 17.7 Å². The van der Waals surface area contributed by atoms with Crippen LogP contribution in [-0.2, 0) is 19.1 Å². The van der Waals surface area contributed by atoms with Gasteiger partial charge in [-0.1, -0.05) is 22.9 Å². The summed E-state index contributed by atoms with van der Waals surface area (Å²) in [5.41, 5.74) is 0.763. The Kier molecular flexibility index (Phi) is 6.62. The van der Waals surface area contributed by atoms with Crippen LogP contribution in [0.25, 0.3) is 10.2 Å². The number of morpholine rings is 1. The molecule has 0 bridgehead atoms. The van der Waals surface area contributed by atoms with Crippen LogP contribution >= 0.6 is 22.9 Å². The molecular formula is C20H23ClN4O4S. The topological polar surface area (TPSA) is 83.1 Å². The maximum atomic E-state index is 13.1. The quantitative estimate of drug-likeness (QED) is 0.601. The van der Waals surface area contributed by atoms with Crippen LogP contribution in [0.15, 0.2) is 18.2 Å². The van der Waals surface area contributed by atoms with Crippen molar-refractivity contribution in [2.75, 3.05) is 50.8 Å². The predicted molar refractivity (Wildman–Crippen MR) is 115 cm³/mol. The number of rotatable bonds is 7. The van der Waals surface area contributed by atoms with Crippen LogP contribution in [0.3, 0.4) is 0 Å². The molecule has 160 valence electrons. The van der Waals surface area contributed by atoms with Crippen LogP contribution in [0.2, 0.25) is 5.02 Å². The number of carbonyl (C=O) groups is 3. The van der Waals surface area contributed by atoms with Gasteiger partial charge >= 0.3 is 0 Å². The van der Waals surface area contributed by atoms with E-state index < -0.39 is 0 Å². The minimum atomic E-state index is -0.300. The summed E-state index contributed by atoms with van der Waals surface area (Å²) in [6, 6.07) is 5.41. The number of amides is 3. The number of carbonyl (C=O) groups excluding carboxylic acids is 3. The van der Waals surface area contributed by atoms with Crippen molar-refractivity contribution in [3.63, 3.8) is 0 Å². The molecule has 0 aliphatic carbocycles. The summed E-state index contributed by atoms with van der Waals surface area (Å²) >= 11 is 7.47.